The third kappa shape index (κ3) is 4.76. The topological polar surface area (TPSA) is 50.7 Å². The van der Waals surface area contributed by atoms with Gasteiger partial charge in [0.25, 0.3) is 0 Å². The molecule has 2 aromatic rings. The van der Waals surface area contributed by atoms with Gasteiger partial charge >= 0.3 is 0 Å². The molecule has 0 fully saturated rings. The van der Waals surface area contributed by atoms with Crippen LogP contribution < -0.4 is 5.73 Å². The van der Waals surface area contributed by atoms with Crippen molar-refractivity contribution in [2.75, 3.05) is 0 Å². The van der Waals surface area contributed by atoms with Crippen molar-refractivity contribution in [1.29, 1.82) is 0 Å². The van der Waals surface area contributed by atoms with Gasteiger partial charge in [-0.15, -0.1) is 11.5 Å². The first-order chi connectivity index (χ1) is 10.7. The van der Waals surface area contributed by atoms with Crippen LogP contribution in [0, 0.1) is 18.2 Å². The summed E-state index contributed by atoms with van der Waals surface area (Å²) in [5.74, 6) is 2.63. The van der Waals surface area contributed by atoms with Gasteiger partial charge in [-0.05, 0) is 23.8 Å². The minimum atomic E-state index is -0.440. The summed E-state index contributed by atoms with van der Waals surface area (Å²) < 4.78 is 13.7. The molecular formula is C17H14FN3S. The number of halogens is 1. The van der Waals surface area contributed by atoms with Gasteiger partial charge in [0, 0.05) is 16.9 Å². The molecule has 2 rings (SSSR count). The molecule has 0 radical (unpaired) electrons. The van der Waals surface area contributed by atoms with Gasteiger partial charge in [0.1, 0.15) is 5.82 Å². The Hall–Kier alpha value is -2.58. The van der Waals surface area contributed by atoms with Crippen LogP contribution in [0.3, 0.4) is 0 Å². The Morgan fingerprint density at radius 3 is 2.73 bits per heavy atom. The predicted molar refractivity (Wildman–Crippen MR) is 91.3 cm³/mol. The Balaban J connectivity index is 1.94. The molecular weight excluding hydrogens is 297 g/mol. The minimum absolute atomic E-state index is 0.309. The van der Waals surface area contributed by atoms with Crippen molar-refractivity contribution < 1.29 is 4.39 Å². The third-order valence-corrected chi connectivity index (χ3v) is 3.60. The summed E-state index contributed by atoms with van der Waals surface area (Å²) in [6.07, 6.45) is 6.51. The van der Waals surface area contributed by atoms with E-state index in [1.807, 2.05) is 30.3 Å². The molecule has 5 heteroatoms. The van der Waals surface area contributed by atoms with Crippen LogP contribution in [-0.4, -0.2) is 11.4 Å². The lowest BCUT2D eigenvalue weighted by Crippen LogP contribution is -2.06. The molecule has 3 nitrogen and oxygen atoms in total. The maximum Gasteiger partial charge on any atom is 0.180 e. The Kier molecular flexibility index (Phi) is 5.75. The summed E-state index contributed by atoms with van der Waals surface area (Å²) in [6.45, 7) is 0. The molecule has 2 aromatic carbocycles. The molecule has 0 saturated carbocycles. The summed E-state index contributed by atoms with van der Waals surface area (Å²) in [5, 5.41) is 7.95. The summed E-state index contributed by atoms with van der Waals surface area (Å²) in [4.78, 5) is 0. The predicted octanol–water partition coefficient (Wildman–Crippen LogP) is 3.39. The first kappa shape index (κ1) is 15.8. The molecule has 0 aromatic heterocycles. The van der Waals surface area contributed by atoms with Crippen molar-refractivity contribution in [3.8, 4) is 12.3 Å². The molecule has 110 valence electrons. The van der Waals surface area contributed by atoms with Gasteiger partial charge in [-0.25, -0.2) is 4.39 Å². The van der Waals surface area contributed by atoms with E-state index in [0.717, 1.165) is 5.56 Å². The lowest BCUT2D eigenvalue weighted by atomic mass is 10.1. The first-order valence-corrected chi connectivity index (χ1v) is 7.47. The summed E-state index contributed by atoms with van der Waals surface area (Å²) >= 11 is 1.37. The van der Waals surface area contributed by atoms with E-state index in [2.05, 4.69) is 16.1 Å². The average molecular weight is 311 g/mol. The number of amidine groups is 1. The number of terminal acetylenes is 1. The number of rotatable bonds is 4. The molecule has 0 amide bonds. The number of hydrogen-bond acceptors (Lipinski definition) is 3. The normalized spacial score (nSPS) is 11.5. The minimum Gasteiger partial charge on any atom is -0.377 e. The van der Waals surface area contributed by atoms with Crippen LogP contribution >= 0.6 is 11.8 Å². The SMILES string of the molecule is C#Cc1ccc(C=NN=C(N)SCc2ccccc2)c(F)c1. The second kappa shape index (κ2) is 8.01. The molecule has 0 spiro atoms. The van der Waals surface area contributed by atoms with Crippen LogP contribution in [0.4, 0.5) is 4.39 Å². The van der Waals surface area contributed by atoms with Crippen LogP contribution in [0.2, 0.25) is 0 Å². The smallest absolute Gasteiger partial charge is 0.180 e. The fourth-order valence-corrected chi connectivity index (χ4v) is 2.24. The highest BCUT2D eigenvalue weighted by Gasteiger charge is 2.00. The van der Waals surface area contributed by atoms with E-state index in [-0.39, 0.29) is 0 Å². The van der Waals surface area contributed by atoms with Gasteiger partial charge in [0.05, 0.1) is 6.21 Å². The van der Waals surface area contributed by atoms with Crippen molar-refractivity contribution >= 4 is 23.1 Å². The molecule has 0 unspecified atom stereocenters. The van der Waals surface area contributed by atoms with Crippen LogP contribution in [0.1, 0.15) is 16.7 Å². The summed E-state index contributed by atoms with van der Waals surface area (Å²) in [5.41, 5.74) is 7.68. The third-order valence-electron chi connectivity index (χ3n) is 2.75. The molecule has 22 heavy (non-hydrogen) atoms. The Labute approximate surface area is 133 Å². The number of benzene rings is 2. The van der Waals surface area contributed by atoms with Gasteiger partial charge in [-0.1, -0.05) is 48.0 Å². The molecule has 0 atom stereocenters. The van der Waals surface area contributed by atoms with E-state index >= 15 is 0 Å². The van der Waals surface area contributed by atoms with Crippen molar-refractivity contribution in [2.24, 2.45) is 15.9 Å². The van der Waals surface area contributed by atoms with Gasteiger partial charge in [-0.3, -0.25) is 0 Å². The summed E-state index contributed by atoms with van der Waals surface area (Å²) in [7, 11) is 0. The summed E-state index contributed by atoms with van der Waals surface area (Å²) in [6, 6.07) is 14.4. The Morgan fingerprint density at radius 1 is 1.27 bits per heavy atom. The first-order valence-electron chi connectivity index (χ1n) is 6.48. The number of nitrogens with zero attached hydrogens (tertiary/aromatic N) is 2. The van der Waals surface area contributed by atoms with E-state index in [4.69, 9.17) is 12.2 Å². The Morgan fingerprint density at radius 2 is 2.05 bits per heavy atom. The maximum atomic E-state index is 13.7. The van der Waals surface area contributed by atoms with Crippen molar-refractivity contribution in [3.63, 3.8) is 0 Å². The molecule has 0 saturated heterocycles. The highest BCUT2D eigenvalue weighted by Crippen LogP contribution is 2.12. The number of nitrogens with two attached hydrogens (primary N) is 1. The molecule has 2 N–H and O–H groups in total. The van der Waals surface area contributed by atoms with Gasteiger partial charge < -0.3 is 5.73 Å². The fourth-order valence-electron chi connectivity index (χ4n) is 1.63. The zero-order valence-corrected chi connectivity index (χ0v) is 12.6. The monoisotopic (exact) mass is 311 g/mol. The standard InChI is InChI=1S/C17H14FN3S/c1-2-13-8-9-15(16(18)10-13)11-20-21-17(19)22-12-14-6-4-3-5-7-14/h1,3-11H,12H2,(H2,19,21). The van der Waals surface area contributed by atoms with Gasteiger partial charge in [0.2, 0.25) is 0 Å². The fraction of sp³-hybridized carbons (Fsp3) is 0.0588. The van der Waals surface area contributed by atoms with Crippen LogP contribution in [0.15, 0.2) is 58.7 Å². The van der Waals surface area contributed by atoms with Gasteiger partial charge in [0.15, 0.2) is 5.17 Å². The van der Waals surface area contributed by atoms with Crippen LogP contribution in [0.5, 0.6) is 0 Å². The zero-order chi connectivity index (χ0) is 15.8. The largest absolute Gasteiger partial charge is 0.377 e. The lowest BCUT2D eigenvalue weighted by molar-refractivity contribution is 0.625. The lowest BCUT2D eigenvalue weighted by Gasteiger charge is -1.99. The van der Waals surface area contributed by atoms with Crippen LogP contribution in [0.25, 0.3) is 0 Å². The molecule has 0 aliphatic carbocycles. The second-order valence-corrected chi connectivity index (χ2v) is 5.33. The van der Waals surface area contributed by atoms with E-state index in [1.165, 1.54) is 24.0 Å². The van der Waals surface area contributed by atoms with Crippen molar-refractivity contribution in [1.82, 2.24) is 0 Å². The number of thioether (sulfide) groups is 1. The van der Waals surface area contributed by atoms with E-state index in [1.54, 1.807) is 12.1 Å². The Bertz CT molecular complexity index is 733. The highest BCUT2D eigenvalue weighted by molar-refractivity contribution is 8.13. The van der Waals surface area contributed by atoms with Crippen molar-refractivity contribution in [3.05, 3.63) is 71.0 Å². The molecule has 0 heterocycles. The van der Waals surface area contributed by atoms with E-state index in [0.29, 0.717) is 22.0 Å². The molecule has 0 bridgehead atoms. The van der Waals surface area contributed by atoms with E-state index in [9.17, 15) is 4.39 Å². The second-order valence-electron chi connectivity index (χ2n) is 4.34. The molecule has 0 aliphatic heterocycles. The zero-order valence-electron chi connectivity index (χ0n) is 11.7. The highest BCUT2D eigenvalue weighted by atomic mass is 32.2. The van der Waals surface area contributed by atoms with Crippen LogP contribution in [-0.2, 0) is 5.75 Å². The molecule has 0 aliphatic rings. The quantitative estimate of drug-likeness (QED) is 0.407. The van der Waals surface area contributed by atoms with Gasteiger partial charge in [-0.2, -0.15) is 5.10 Å². The average Bonchev–Trinajstić information content (AvgIpc) is 2.55. The number of hydrogen-bond donors (Lipinski definition) is 1. The maximum absolute atomic E-state index is 13.7. The van der Waals surface area contributed by atoms with Crippen molar-refractivity contribution in [2.45, 2.75) is 5.75 Å². The van der Waals surface area contributed by atoms with E-state index < -0.39 is 5.82 Å².